The number of carboxylic acid groups (broad SMARTS) is 1. The van der Waals surface area contributed by atoms with Crippen molar-refractivity contribution in [2.75, 3.05) is 7.11 Å². The fraction of sp³-hybridized carbons (Fsp3) is 0.484. The average Bonchev–Trinajstić information content (AvgIpc) is 2.94. The Bertz CT molecular complexity index is 1270. The lowest BCUT2D eigenvalue weighted by molar-refractivity contribution is -0.266. The highest BCUT2D eigenvalue weighted by Crippen LogP contribution is 2.42. The van der Waals surface area contributed by atoms with Crippen LogP contribution < -0.4 is 16.0 Å². The summed E-state index contributed by atoms with van der Waals surface area (Å²) in [5, 5.41) is 27.5. The highest BCUT2D eigenvalue weighted by atomic mass is 19.4. The van der Waals surface area contributed by atoms with Crippen molar-refractivity contribution in [3.63, 3.8) is 0 Å². The van der Waals surface area contributed by atoms with Crippen molar-refractivity contribution in [1.82, 2.24) is 16.0 Å². The molecule has 2 aromatic carbocycles. The summed E-state index contributed by atoms with van der Waals surface area (Å²) < 4.78 is 48.0. The molecule has 0 aliphatic carbocycles. The number of carbonyl (C=O) groups is 4. The first kappa shape index (κ1) is 36.2. The van der Waals surface area contributed by atoms with Gasteiger partial charge in [0.15, 0.2) is 0 Å². The summed E-state index contributed by atoms with van der Waals surface area (Å²) in [6.45, 7) is 6.92. The summed E-state index contributed by atoms with van der Waals surface area (Å²) in [5.41, 5.74) is -3.10. The molecule has 0 fully saturated rings. The molecule has 0 spiro atoms. The van der Waals surface area contributed by atoms with Crippen LogP contribution >= 0.6 is 0 Å². The van der Waals surface area contributed by atoms with E-state index in [1.165, 1.54) is 30.3 Å². The predicted octanol–water partition coefficient (Wildman–Crippen LogP) is 3.53. The standard InChI is InChI=1S/C31H40F3N3O7/c1-18(2)15-23(36-29(43)30(44-5,31(32,33)34)22-9-7-6-8-10-22)24(38)16-25(39)37-26(19(3)4)27(40)35-17-20-11-13-21(14-12-20)28(41)42/h6-14,18-19,23-24,26,38H,15-17H2,1-5H3,(H,35,40)(H,36,43)(H,37,39)(H,41,42)/t23-,24-,26-,30?/m0/s1. The molecule has 0 radical (unpaired) electrons. The summed E-state index contributed by atoms with van der Waals surface area (Å²) in [4.78, 5) is 50.1. The number of nitrogens with one attached hydrogen (secondary N) is 3. The van der Waals surface area contributed by atoms with Crippen LogP contribution in [0.25, 0.3) is 0 Å². The van der Waals surface area contributed by atoms with Crippen molar-refractivity contribution in [2.24, 2.45) is 11.8 Å². The van der Waals surface area contributed by atoms with Gasteiger partial charge < -0.3 is 30.9 Å². The Hall–Kier alpha value is -3.97. The molecule has 13 heteroatoms. The molecule has 5 N–H and O–H groups in total. The molecule has 0 saturated heterocycles. The SMILES string of the molecule is COC(C(=O)N[C@@H](CC(C)C)[C@@H](O)CC(=O)N[C@H](C(=O)NCc1ccc(C(=O)O)cc1)C(C)C)(c1ccccc1)C(F)(F)F. The van der Waals surface area contributed by atoms with Gasteiger partial charge >= 0.3 is 12.1 Å². The second-order valence-electron chi connectivity index (χ2n) is 11.2. The van der Waals surface area contributed by atoms with Gasteiger partial charge in [0.25, 0.3) is 11.5 Å². The van der Waals surface area contributed by atoms with Gasteiger partial charge in [-0.15, -0.1) is 0 Å². The van der Waals surface area contributed by atoms with Gasteiger partial charge in [-0.1, -0.05) is 70.2 Å². The van der Waals surface area contributed by atoms with Gasteiger partial charge in [-0.05, 0) is 36.0 Å². The zero-order valence-electron chi connectivity index (χ0n) is 25.3. The van der Waals surface area contributed by atoms with Gasteiger partial charge in [0.1, 0.15) is 6.04 Å². The summed E-state index contributed by atoms with van der Waals surface area (Å²) in [5.74, 6) is -4.48. The number of alkyl halides is 3. The highest BCUT2D eigenvalue weighted by Gasteiger charge is 2.63. The van der Waals surface area contributed by atoms with Gasteiger partial charge in [-0.25, -0.2) is 4.79 Å². The van der Waals surface area contributed by atoms with E-state index in [1.807, 2.05) is 0 Å². The molecule has 3 amide bonds. The van der Waals surface area contributed by atoms with Crippen LogP contribution in [0.15, 0.2) is 54.6 Å². The molecule has 44 heavy (non-hydrogen) atoms. The Morgan fingerprint density at radius 1 is 0.909 bits per heavy atom. The molecule has 2 aromatic rings. The van der Waals surface area contributed by atoms with Crippen LogP contribution in [0, 0.1) is 11.8 Å². The Kier molecular flexibility index (Phi) is 12.9. The number of hydrogen-bond donors (Lipinski definition) is 5. The Morgan fingerprint density at radius 3 is 1.98 bits per heavy atom. The maximum Gasteiger partial charge on any atom is 0.430 e. The number of ether oxygens (including phenoxy) is 1. The summed E-state index contributed by atoms with van der Waals surface area (Å²) in [7, 11) is 0.767. The third-order valence-corrected chi connectivity index (χ3v) is 7.04. The minimum atomic E-state index is -5.16. The third kappa shape index (κ3) is 9.26. The van der Waals surface area contributed by atoms with Crippen molar-refractivity contribution in [1.29, 1.82) is 0 Å². The number of aromatic carboxylic acids is 1. The fourth-order valence-electron chi connectivity index (χ4n) is 4.68. The molecular formula is C31H40F3N3O7. The molecule has 242 valence electrons. The molecule has 0 aliphatic heterocycles. The lowest BCUT2D eigenvalue weighted by atomic mass is 9.89. The number of halogens is 3. The van der Waals surface area contributed by atoms with E-state index in [4.69, 9.17) is 9.84 Å². The molecule has 2 rings (SSSR count). The van der Waals surface area contributed by atoms with Gasteiger partial charge in [-0.3, -0.25) is 14.4 Å². The largest absolute Gasteiger partial charge is 0.478 e. The maximum absolute atomic E-state index is 14.4. The number of methoxy groups -OCH3 is 1. The van der Waals surface area contributed by atoms with E-state index >= 15 is 0 Å². The second-order valence-corrected chi connectivity index (χ2v) is 11.2. The van der Waals surface area contributed by atoms with Crippen molar-refractivity contribution in [2.45, 2.75) is 77.0 Å². The third-order valence-electron chi connectivity index (χ3n) is 7.04. The van der Waals surface area contributed by atoms with Crippen LogP contribution in [0.5, 0.6) is 0 Å². The normalized spacial score (nSPS) is 15.2. The number of carboxylic acids is 1. The molecule has 0 heterocycles. The first-order chi connectivity index (χ1) is 20.5. The lowest BCUT2D eigenvalue weighted by Gasteiger charge is -2.36. The number of hydrogen-bond acceptors (Lipinski definition) is 6. The highest BCUT2D eigenvalue weighted by molar-refractivity contribution is 5.89. The number of aliphatic hydroxyl groups is 1. The van der Waals surface area contributed by atoms with Crippen molar-refractivity contribution >= 4 is 23.7 Å². The summed E-state index contributed by atoms with van der Waals surface area (Å²) in [6.07, 6.45) is -7.32. The molecule has 10 nitrogen and oxygen atoms in total. The predicted molar refractivity (Wildman–Crippen MR) is 155 cm³/mol. The van der Waals surface area contributed by atoms with E-state index in [0.29, 0.717) is 5.56 Å². The molecule has 4 atom stereocenters. The average molecular weight is 624 g/mol. The van der Waals surface area contributed by atoms with Crippen LogP contribution in [0.4, 0.5) is 13.2 Å². The van der Waals surface area contributed by atoms with Gasteiger partial charge in [0.2, 0.25) is 11.8 Å². The zero-order valence-corrected chi connectivity index (χ0v) is 25.3. The molecule has 1 unspecified atom stereocenters. The van der Waals surface area contributed by atoms with E-state index in [0.717, 1.165) is 19.2 Å². The smallest absolute Gasteiger partial charge is 0.430 e. The van der Waals surface area contributed by atoms with Crippen LogP contribution in [-0.2, 0) is 31.3 Å². The maximum atomic E-state index is 14.4. The van der Waals surface area contributed by atoms with Crippen LogP contribution in [0.2, 0.25) is 0 Å². The molecule has 0 aromatic heterocycles. The van der Waals surface area contributed by atoms with Crippen LogP contribution in [0.1, 0.15) is 62.0 Å². The molecule has 0 saturated carbocycles. The minimum absolute atomic E-state index is 0.0430. The van der Waals surface area contributed by atoms with Gasteiger partial charge in [0.05, 0.1) is 24.1 Å². The number of benzene rings is 2. The zero-order chi connectivity index (χ0) is 33.2. The summed E-state index contributed by atoms with van der Waals surface area (Å²) >= 11 is 0. The Labute approximate surface area is 254 Å². The lowest BCUT2D eigenvalue weighted by Crippen LogP contribution is -2.59. The number of rotatable bonds is 15. The number of aliphatic hydroxyl groups excluding tert-OH is 1. The van der Waals surface area contributed by atoms with Gasteiger partial charge in [-0.2, -0.15) is 13.2 Å². The van der Waals surface area contributed by atoms with Crippen molar-refractivity contribution < 1.29 is 47.3 Å². The first-order valence-electron chi connectivity index (χ1n) is 14.1. The monoisotopic (exact) mass is 623 g/mol. The quantitative estimate of drug-likeness (QED) is 0.203. The van der Waals surface area contributed by atoms with Crippen molar-refractivity contribution in [3.05, 3.63) is 71.3 Å². The Balaban J connectivity index is 2.15. The fourth-order valence-corrected chi connectivity index (χ4v) is 4.68. The molecule has 0 bridgehead atoms. The van der Waals surface area contributed by atoms with Gasteiger partial charge in [0, 0.05) is 19.2 Å². The topological polar surface area (TPSA) is 154 Å². The van der Waals surface area contributed by atoms with E-state index in [-0.39, 0.29) is 30.4 Å². The van der Waals surface area contributed by atoms with Crippen LogP contribution in [-0.4, -0.2) is 65.4 Å². The number of carbonyl (C=O) groups excluding carboxylic acids is 3. The van der Waals surface area contributed by atoms with E-state index in [1.54, 1.807) is 39.8 Å². The molecule has 0 aliphatic rings. The van der Waals surface area contributed by atoms with Crippen molar-refractivity contribution in [3.8, 4) is 0 Å². The number of amides is 3. The first-order valence-corrected chi connectivity index (χ1v) is 14.1. The second kappa shape index (κ2) is 15.7. The molecular weight excluding hydrogens is 583 g/mol. The van der Waals surface area contributed by atoms with Crippen LogP contribution in [0.3, 0.4) is 0 Å². The Morgan fingerprint density at radius 2 is 1.50 bits per heavy atom. The van der Waals surface area contributed by atoms with E-state index < -0.39 is 65.6 Å². The summed E-state index contributed by atoms with van der Waals surface area (Å²) in [6, 6.07) is 9.99. The van der Waals surface area contributed by atoms with E-state index in [2.05, 4.69) is 16.0 Å². The van der Waals surface area contributed by atoms with E-state index in [9.17, 15) is 37.5 Å². The minimum Gasteiger partial charge on any atom is -0.478 e.